The van der Waals surface area contributed by atoms with Gasteiger partial charge in [-0.1, -0.05) is 17.7 Å². The fourth-order valence-corrected chi connectivity index (χ4v) is 1.78. The number of aromatic nitrogens is 2. The van der Waals surface area contributed by atoms with E-state index in [1.54, 1.807) is 19.1 Å². The molecule has 2 rings (SSSR count). The van der Waals surface area contributed by atoms with Gasteiger partial charge in [0.05, 0.1) is 6.61 Å². The van der Waals surface area contributed by atoms with Gasteiger partial charge >= 0.3 is 6.09 Å². The Morgan fingerprint density at radius 3 is 2.62 bits per heavy atom. The lowest BCUT2D eigenvalue weighted by molar-refractivity contribution is 0.168. The maximum Gasteiger partial charge on any atom is 0.412 e. The first-order valence-corrected chi connectivity index (χ1v) is 6.77. The molecule has 1 heterocycles. The lowest BCUT2D eigenvalue weighted by Crippen LogP contribution is -2.14. The molecule has 0 aliphatic rings. The highest BCUT2D eigenvalue weighted by atomic mass is 35.5. The van der Waals surface area contributed by atoms with Crippen LogP contribution in [0.15, 0.2) is 30.3 Å². The van der Waals surface area contributed by atoms with Crippen LogP contribution in [0.5, 0.6) is 0 Å². The zero-order valence-corrected chi connectivity index (χ0v) is 12.4. The van der Waals surface area contributed by atoms with E-state index in [9.17, 15) is 4.79 Å². The second-order valence-corrected chi connectivity index (χ2v) is 4.67. The largest absolute Gasteiger partial charge is 0.450 e. The van der Waals surface area contributed by atoms with E-state index in [0.717, 1.165) is 11.3 Å². The van der Waals surface area contributed by atoms with Crippen molar-refractivity contribution in [3.05, 3.63) is 40.9 Å². The van der Waals surface area contributed by atoms with Gasteiger partial charge in [-0.25, -0.2) is 4.79 Å². The summed E-state index contributed by atoms with van der Waals surface area (Å²) < 4.78 is 4.75. The quantitative estimate of drug-likeness (QED) is 0.899. The number of rotatable bonds is 4. The molecule has 0 saturated heterocycles. The number of amides is 1. The topological polar surface area (TPSA) is 76.1 Å². The molecule has 2 aromatic rings. The van der Waals surface area contributed by atoms with E-state index < -0.39 is 6.09 Å². The van der Waals surface area contributed by atoms with Gasteiger partial charge in [-0.3, -0.25) is 5.32 Å². The molecule has 0 radical (unpaired) electrons. The van der Waals surface area contributed by atoms with Crippen LogP contribution < -0.4 is 10.6 Å². The SMILES string of the molecule is CCOC(=O)Nc1ccc(Nc2cc(Cl)ccc2C)nn1. The van der Waals surface area contributed by atoms with Gasteiger partial charge in [-0.2, -0.15) is 0 Å². The van der Waals surface area contributed by atoms with Gasteiger partial charge in [-0.15, -0.1) is 10.2 Å². The summed E-state index contributed by atoms with van der Waals surface area (Å²) in [5.74, 6) is 0.872. The molecule has 0 unspecified atom stereocenters. The number of anilines is 3. The molecule has 0 saturated carbocycles. The Morgan fingerprint density at radius 2 is 1.95 bits per heavy atom. The molecule has 0 spiro atoms. The van der Waals surface area contributed by atoms with Crippen LogP contribution in [0.4, 0.5) is 22.1 Å². The predicted octanol–water partition coefficient (Wildman–Crippen LogP) is 3.75. The average Bonchev–Trinajstić information content (AvgIpc) is 2.45. The van der Waals surface area contributed by atoms with Gasteiger partial charge in [0.15, 0.2) is 11.6 Å². The Labute approximate surface area is 127 Å². The van der Waals surface area contributed by atoms with E-state index in [2.05, 4.69) is 20.8 Å². The number of ether oxygens (including phenoxy) is 1. The molecule has 7 heteroatoms. The van der Waals surface area contributed by atoms with Crippen molar-refractivity contribution in [3.63, 3.8) is 0 Å². The smallest absolute Gasteiger partial charge is 0.412 e. The standard InChI is InChI=1S/C14H15ClN4O2/c1-3-21-14(20)17-13-7-6-12(18-19-13)16-11-8-10(15)5-4-9(11)2/h4-8H,3H2,1-2H3,(H,16,18)(H,17,19,20). The Balaban J connectivity index is 2.05. The van der Waals surface area contributed by atoms with Crippen molar-refractivity contribution in [1.29, 1.82) is 0 Å². The minimum Gasteiger partial charge on any atom is -0.450 e. The number of halogens is 1. The summed E-state index contributed by atoms with van der Waals surface area (Å²) in [6, 6.07) is 8.87. The first kappa shape index (κ1) is 15.1. The Morgan fingerprint density at radius 1 is 1.24 bits per heavy atom. The van der Waals surface area contributed by atoms with E-state index in [1.165, 1.54) is 0 Å². The molecular formula is C14H15ClN4O2. The van der Waals surface area contributed by atoms with Crippen molar-refractivity contribution >= 4 is 35.0 Å². The number of carbonyl (C=O) groups excluding carboxylic acids is 1. The van der Waals surface area contributed by atoms with Crippen molar-refractivity contribution in [2.24, 2.45) is 0 Å². The van der Waals surface area contributed by atoms with Crippen LogP contribution in [-0.4, -0.2) is 22.9 Å². The van der Waals surface area contributed by atoms with Crippen LogP contribution in [0, 0.1) is 6.92 Å². The number of nitrogens with one attached hydrogen (secondary N) is 2. The third-order valence-corrected chi connectivity index (χ3v) is 2.87. The Bertz CT molecular complexity index is 631. The van der Waals surface area contributed by atoms with Crippen LogP contribution in [-0.2, 0) is 4.74 Å². The maximum absolute atomic E-state index is 11.2. The molecule has 2 N–H and O–H groups in total. The number of nitrogens with zero attached hydrogens (tertiary/aromatic N) is 2. The highest BCUT2D eigenvalue weighted by molar-refractivity contribution is 6.30. The van der Waals surface area contributed by atoms with Gasteiger partial charge in [-0.05, 0) is 43.7 Å². The molecule has 1 aromatic heterocycles. The average molecular weight is 307 g/mol. The van der Waals surface area contributed by atoms with E-state index in [4.69, 9.17) is 16.3 Å². The molecule has 0 aliphatic carbocycles. The molecule has 1 aromatic carbocycles. The lowest BCUT2D eigenvalue weighted by Gasteiger charge is -2.09. The van der Waals surface area contributed by atoms with E-state index in [0.29, 0.717) is 23.3 Å². The first-order chi connectivity index (χ1) is 10.1. The summed E-state index contributed by atoms with van der Waals surface area (Å²) in [6.45, 7) is 3.99. The van der Waals surface area contributed by atoms with Crippen molar-refractivity contribution in [2.45, 2.75) is 13.8 Å². The number of carbonyl (C=O) groups is 1. The summed E-state index contributed by atoms with van der Waals surface area (Å²) in [4.78, 5) is 11.2. The Hall–Kier alpha value is -2.34. The van der Waals surface area contributed by atoms with E-state index >= 15 is 0 Å². The minimum atomic E-state index is -0.557. The van der Waals surface area contributed by atoms with Crippen LogP contribution >= 0.6 is 11.6 Å². The highest BCUT2D eigenvalue weighted by Crippen LogP contribution is 2.23. The third kappa shape index (κ3) is 4.32. The van der Waals surface area contributed by atoms with Crippen LogP contribution in [0.25, 0.3) is 0 Å². The van der Waals surface area contributed by atoms with Gasteiger partial charge < -0.3 is 10.1 Å². The molecule has 110 valence electrons. The third-order valence-electron chi connectivity index (χ3n) is 2.63. The zero-order chi connectivity index (χ0) is 15.2. The van der Waals surface area contributed by atoms with Crippen molar-refractivity contribution in [1.82, 2.24) is 10.2 Å². The van der Waals surface area contributed by atoms with Gasteiger partial charge in [0.1, 0.15) is 0 Å². The lowest BCUT2D eigenvalue weighted by atomic mass is 10.2. The second kappa shape index (κ2) is 6.90. The molecule has 0 bridgehead atoms. The van der Waals surface area contributed by atoms with E-state index in [1.807, 2.05) is 25.1 Å². The normalized spacial score (nSPS) is 10.0. The summed E-state index contributed by atoms with van der Waals surface area (Å²) in [6.07, 6.45) is -0.557. The predicted molar refractivity (Wildman–Crippen MR) is 82.1 cm³/mol. The van der Waals surface area contributed by atoms with Crippen LogP contribution in [0.3, 0.4) is 0 Å². The summed E-state index contributed by atoms with van der Waals surface area (Å²) in [5, 5.41) is 14.1. The molecular weight excluding hydrogens is 292 g/mol. The molecule has 0 fully saturated rings. The molecule has 21 heavy (non-hydrogen) atoms. The summed E-state index contributed by atoms with van der Waals surface area (Å²) in [7, 11) is 0. The summed E-state index contributed by atoms with van der Waals surface area (Å²) in [5.41, 5.74) is 1.89. The van der Waals surface area contributed by atoms with E-state index in [-0.39, 0.29) is 0 Å². The van der Waals surface area contributed by atoms with Crippen LogP contribution in [0.2, 0.25) is 5.02 Å². The molecule has 1 amide bonds. The molecule has 6 nitrogen and oxygen atoms in total. The molecule has 0 atom stereocenters. The summed E-state index contributed by atoms with van der Waals surface area (Å²) >= 11 is 5.96. The van der Waals surface area contributed by atoms with Crippen LogP contribution in [0.1, 0.15) is 12.5 Å². The van der Waals surface area contributed by atoms with Gasteiger partial charge in [0.25, 0.3) is 0 Å². The first-order valence-electron chi connectivity index (χ1n) is 6.39. The van der Waals surface area contributed by atoms with Crippen molar-refractivity contribution in [3.8, 4) is 0 Å². The highest BCUT2D eigenvalue weighted by Gasteiger charge is 2.05. The zero-order valence-electron chi connectivity index (χ0n) is 11.7. The number of benzene rings is 1. The maximum atomic E-state index is 11.2. The minimum absolute atomic E-state index is 0.299. The number of hydrogen-bond acceptors (Lipinski definition) is 5. The second-order valence-electron chi connectivity index (χ2n) is 4.23. The van der Waals surface area contributed by atoms with Crippen molar-refractivity contribution in [2.75, 3.05) is 17.2 Å². The van der Waals surface area contributed by atoms with Gasteiger partial charge in [0, 0.05) is 10.7 Å². The number of aryl methyl sites for hydroxylation is 1. The number of hydrogen-bond donors (Lipinski definition) is 2. The Kier molecular flexibility index (Phi) is 4.94. The monoisotopic (exact) mass is 306 g/mol. The molecule has 0 aliphatic heterocycles. The fourth-order valence-electron chi connectivity index (χ4n) is 1.60. The van der Waals surface area contributed by atoms with Crippen molar-refractivity contribution < 1.29 is 9.53 Å². The fraction of sp³-hybridized carbons (Fsp3) is 0.214. The van der Waals surface area contributed by atoms with Gasteiger partial charge in [0.2, 0.25) is 0 Å².